The second-order valence-corrected chi connectivity index (χ2v) is 7.73. The highest BCUT2D eigenvalue weighted by atomic mass is 127. The highest BCUT2D eigenvalue weighted by Gasteiger charge is 2.28. The van der Waals surface area contributed by atoms with Crippen LogP contribution in [0.4, 0.5) is 5.69 Å². The van der Waals surface area contributed by atoms with E-state index in [2.05, 4.69) is 41.3 Å². The Hall–Kier alpha value is -0.700. The third kappa shape index (κ3) is 7.15. The molecule has 7 heteroatoms. The smallest absolute Gasteiger partial charge is 0.194 e. The lowest BCUT2D eigenvalue weighted by Crippen LogP contribution is -2.51. The molecule has 1 aliphatic rings. The van der Waals surface area contributed by atoms with Gasteiger partial charge in [-0.1, -0.05) is 0 Å². The number of hydrogen-bond donors (Lipinski definition) is 2. The van der Waals surface area contributed by atoms with Crippen LogP contribution in [0.1, 0.15) is 20.8 Å². The Morgan fingerprint density at radius 3 is 2.78 bits per heavy atom. The minimum atomic E-state index is 0. The Morgan fingerprint density at radius 1 is 1.39 bits per heavy atom. The van der Waals surface area contributed by atoms with Gasteiger partial charge in [-0.3, -0.25) is 9.98 Å². The Balaban J connectivity index is 0.00000264. The Bertz CT molecular complexity index is 481. The Morgan fingerprint density at radius 2 is 2.13 bits per heavy atom. The number of thioether (sulfide) groups is 1. The summed E-state index contributed by atoms with van der Waals surface area (Å²) in [5, 5.41) is 6.78. The van der Waals surface area contributed by atoms with Crippen LogP contribution < -0.4 is 10.6 Å². The second kappa shape index (κ2) is 10.2. The Labute approximate surface area is 161 Å². The number of nitrogens with one attached hydrogen (secondary N) is 2. The number of anilines is 1. The summed E-state index contributed by atoms with van der Waals surface area (Å²) >= 11 is 2.04. The van der Waals surface area contributed by atoms with Gasteiger partial charge in [0.25, 0.3) is 0 Å². The second-order valence-electron chi connectivity index (χ2n) is 5.93. The largest absolute Gasteiger partial charge is 0.383 e. The van der Waals surface area contributed by atoms with Gasteiger partial charge < -0.3 is 15.5 Å². The quantitative estimate of drug-likeness (QED) is 0.314. The maximum absolute atomic E-state index is 4.76. The number of nitrogens with zero attached hydrogens (tertiary/aromatic N) is 3. The first-order chi connectivity index (χ1) is 10.6. The molecule has 0 bridgehead atoms. The number of rotatable bonds is 5. The summed E-state index contributed by atoms with van der Waals surface area (Å²) in [6.07, 6.45) is 3.59. The van der Waals surface area contributed by atoms with Gasteiger partial charge in [-0.05, 0) is 32.9 Å². The lowest BCUT2D eigenvalue weighted by atomic mass is 10.2. The van der Waals surface area contributed by atoms with Crippen LogP contribution in [0.15, 0.2) is 29.5 Å². The zero-order valence-electron chi connectivity index (χ0n) is 14.2. The van der Waals surface area contributed by atoms with E-state index in [1.165, 1.54) is 0 Å². The lowest BCUT2D eigenvalue weighted by molar-refractivity contribution is 0.376. The maximum Gasteiger partial charge on any atom is 0.194 e. The number of guanidine groups is 1. The molecule has 0 aliphatic carbocycles. The fourth-order valence-corrected chi connectivity index (χ4v) is 3.57. The van der Waals surface area contributed by atoms with Crippen molar-refractivity contribution in [2.45, 2.75) is 25.5 Å². The number of aliphatic imine (C=N–C) groups is 1. The summed E-state index contributed by atoms with van der Waals surface area (Å²) in [4.78, 5) is 11.2. The summed E-state index contributed by atoms with van der Waals surface area (Å²) in [7, 11) is 0. The van der Waals surface area contributed by atoms with Crippen molar-refractivity contribution in [3.8, 4) is 0 Å². The minimum Gasteiger partial charge on any atom is -0.383 e. The molecule has 1 saturated heterocycles. The third-order valence-corrected chi connectivity index (χ3v) is 4.74. The van der Waals surface area contributed by atoms with E-state index in [1.54, 1.807) is 12.4 Å². The van der Waals surface area contributed by atoms with Crippen molar-refractivity contribution in [2.24, 2.45) is 4.99 Å². The SMILES string of the molecule is CCNC(=NCCNc1ccncc1)N1CCSC(C)(C)C1.I. The van der Waals surface area contributed by atoms with E-state index in [0.29, 0.717) is 4.75 Å². The summed E-state index contributed by atoms with van der Waals surface area (Å²) in [5.74, 6) is 2.19. The van der Waals surface area contributed by atoms with E-state index in [0.717, 1.165) is 50.1 Å². The first kappa shape index (κ1) is 20.3. The van der Waals surface area contributed by atoms with Crippen molar-refractivity contribution in [3.63, 3.8) is 0 Å². The molecule has 23 heavy (non-hydrogen) atoms. The van der Waals surface area contributed by atoms with Crippen LogP contribution >= 0.6 is 35.7 Å². The number of halogens is 1. The van der Waals surface area contributed by atoms with E-state index in [-0.39, 0.29) is 24.0 Å². The van der Waals surface area contributed by atoms with Gasteiger partial charge in [-0.25, -0.2) is 0 Å². The summed E-state index contributed by atoms with van der Waals surface area (Å²) < 4.78 is 0.295. The van der Waals surface area contributed by atoms with Gasteiger partial charge in [-0.2, -0.15) is 11.8 Å². The molecule has 1 aromatic heterocycles. The van der Waals surface area contributed by atoms with Crippen molar-refractivity contribution in [2.75, 3.05) is 43.8 Å². The highest BCUT2D eigenvalue weighted by molar-refractivity contribution is 14.0. The van der Waals surface area contributed by atoms with Crippen molar-refractivity contribution < 1.29 is 0 Å². The van der Waals surface area contributed by atoms with Crippen LogP contribution in [-0.4, -0.2) is 59.1 Å². The minimum absolute atomic E-state index is 0. The fourth-order valence-electron chi connectivity index (χ4n) is 2.45. The van der Waals surface area contributed by atoms with E-state index in [4.69, 9.17) is 4.99 Å². The molecule has 1 aromatic rings. The van der Waals surface area contributed by atoms with Gasteiger partial charge in [0.05, 0.1) is 6.54 Å². The van der Waals surface area contributed by atoms with Crippen LogP contribution in [0.5, 0.6) is 0 Å². The van der Waals surface area contributed by atoms with E-state index in [9.17, 15) is 0 Å². The zero-order chi connectivity index (χ0) is 15.8. The summed E-state index contributed by atoms with van der Waals surface area (Å²) in [6, 6.07) is 3.94. The maximum atomic E-state index is 4.76. The molecule has 1 fully saturated rings. The molecule has 130 valence electrons. The van der Waals surface area contributed by atoms with Crippen LogP contribution in [-0.2, 0) is 0 Å². The third-order valence-electron chi connectivity index (χ3n) is 3.44. The molecule has 0 radical (unpaired) electrons. The van der Waals surface area contributed by atoms with Gasteiger partial charge in [0.2, 0.25) is 0 Å². The van der Waals surface area contributed by atoms with E-state index >= 15 is 0 Å². The molecule has 0 atom stereocenters. The van der Waals surface area contributed by atoms with Crippen LogP contribution in [0.3, 0.4) is 0 Å². The van der Waals surface area contributed by atoms with Crippen molar-refractivity contribution in [1.29, 1.82) is 0 Å². The van der Waals surface area contributed by atoms with Gasteiger partial charge in [0.1, 0.15) is 0 Å². The predicted molar refractivity (Wildman–Crippen MR) is 112 cm³/mol. The normalized spacial score (nSPS) is 17.3. The van der Waals surface area contributed by atoms with Crippen molar-refractivity contribution in [1.82, 2.24) is 15.2 Å². The number of hydrogen-bond acceptors (Lipinski definition) is 4. The molecule has 2 rings (SSSR count). The lowest BCUT2D eigenvalue weighted by Gasteiger charge is -2.39. The number of aromatic nitrogens is 1. The molecular weight excluding hydrogens is 421 g/mol. The average Bonchev–Trinajstić information content (AvgIpc) is 2.50. The Kier molecular flexibility index (Phi) is 9.04. The highest BCUT2D eigenvalue weighted by Crippen LogP contribution is 2.29. The molecule has 0 spiro atoms. The molecule has 0 amide bonds. The van der Waals surface area contributed by atoms with Gasteiger partial charge in [0.15, 0.2) is 5.96 Å². The van der Waals surface area contributed by atoms with Crippen LogP contribution in [0, 0.1) is 0 Å². The molecule has 0 unspecified atom stereocenters. The molecule has 0 aromatic carbocycles. The van der Waals surface area contributed by atoms with E-state index in [1.807, 2.05) is 23.9 Å². The van der Waals surface area contributed by atoms with Crippen molar-refractivity contribution >= 4 is 47.4 Å². The first-order valence-corrected chi connectivity index (χ1v) is 8.90. The fraction of sp³-hybridized carbons (Fsp3) is 0.625. The average molecular weight is 449 g/mol. The van der Waals surface area contributed by atoms with Gasteiger partial charge in [0, 0.05) is 54.8 Å². The van der Waals surface area contributed by atoms with Crippen LogP contribution in [0.2, 0.25) is 0 Å². The molecule has 1 aliphatic heterocycles. The van der Waals surface area contributed by atoms with Crippen molar-refractivity contribution in [3.05, 3.63) is 24.5 Å². The monoisotopic (exact) mass is 449 g/mol. The molecule has 2 heterocycles. The van der Waals surface area contributed by atoms with Gasteiger partial charge >= 0.3 is 0 Å². The summed E-state index contributed by atoms with van der Waals surface area (Å²) in [6.45, 7) is 11.3. The van der Waals surface area contributed by atoms with Crippen LogP contribution in [0.25, 0.3) is 0 Å². The topological polar surface area (TPSA) is 52.6 Å². The standard InChI is InChI=1S/C16H27N5S.HI/c1-4-18-15(21-11-12-22-16(2,3)13-21)20-10-9-19-14-5-7-17-8-6-14;/h5-8H,4,9-13H2,1-3H3,(H,17,19)(H,18,20);1H. The van der Waals surface area contributed by atoms with Gasteiger partial charge in [-0.15, -0.1) is 24.0 Å². The number of pyridine rings is 1. The molecular formula is C16H28IN5S. The summed E-state index contributed by atoms with van der Waals surface area (Å²) in [5.41, 5.74) is 1.09. The molecule has 5 nitrogen and oxygen atoms in total. The zero-order valence-corrected chi connectivity index (χ0v) is 17.4. The molecule has 2 N–H and O–H groups in total. The predicted octanol–water partition coefficient (Wildman–Crippen LogP) is 2.90. The van der Waals surface area contributed by atoms with E-state index < -0.39 is 0 Å². The first-order valence-electron chi connectivity index (χ1n) is 7.92. The molecule has 0 saturated carbocycles.